The van der Waals surface area contributed by atoms with E-state index in [0.29, 0.717) is 29.8 Å². The predicted molar refractivity (Wildman–Crippen MR) is 154 cm³/mol. The van der Waals surface area contributed by atoms with Crippen molar-refractivity contribution >= 4 is 34.2 Å². The summed E-state index contributed by atoms with van der Waals surface area (Å²) < 4.78 is 13.7. The fourth-order valence-corrected chi connectivity index (χ4v) is 5.21. The lowest BCUT2D eigenvalue weighted by Gasteiger charge is -2.33. The van der Waals surface area contributed by atoms with E-state index in [9.17, 15) is 18.8 Å². The number of nitrogens with zero attached hydrogens (tertiary/aromatic N) is 2. The molecule has 1 unspecified atom stereocenters. The van der Waals surface area contributed by atoms with Crippen molar-refractivity contribution < 1.29 is 18.8 Å². The quantitative estimate of drug-likeness (QED) is 0.257. The van der Waals surface area contributed by atoms with Crippen LogP contribution >= 0.6 is 0 Å². The summed E-state index contributed by atoms with van der Waals surface area (Å²) in [6, 6.07) is 25.8. The van der Waals surface area contributed by atoms with E-state index >= 15 is 0 Å². The van der Waals surface area contributed by atoms with Crippen LogP contribution in [0, 0.1) is 5.82 Å². The summed E-state index contributed by atoms with van der Waals surface area (Å²) in [4.78, 5) is 44.2. The smallest absolute Gasteiger partial charge is 0.259 e. The molecule has 1 aliphatic rings. The molecule has 7 heteroatoms. The van der Waals surface area contributed by atoms with Gasteiger partial charge in [-0.3, -0.25) is 19.3 Å². The van der Waals surface area contributed by atoms with Gasteiger partial charge < -0.3 is 10.2 Å². The number of anilines is 1. The molecule has 0 saturated carbocycles. The van der Waals surface area contributed by atoms with Gasteiger partial charge in [-0.1, -0.05) is 80.1 Å². The molecule has 0 radical (unpaired) electrons. The van der Waals surface area contributed by atoms with Crippen LogP contribution < -0.4 is 10.2 Å². The van der Waals surface area contributed by atoms with Crippen LogP contribution in [-0.4, -0.2) is 41.8 Å². The van der Waals surface area contributed by atoms with Crippen LogP contribution in [0.4, 0.5) is 10.1 Å². The molecule has 4 aromatic carbocycles. The van der Waals surface area contributed by atoms with Crippen LogP contribution in [0.15, 0.2) is 91.0 Å². The van der Waals surface area contributed by atoms with Gasteiger partial charge in [0.05, 0.1) is 5.69 Å². The molecule has 0 bridgehead atoms. The molecule has 3 amide bonds. The van der Waals surface area contributed by atoms with E-state index in [2.05, 4.69) is 5.32 Å². The van der Waals surface area contributed by atoms with E-state index in [1.54, 1.807) is 18.2 Å². The third kappa shape index (κ3) is 5.73. The van der Waals surface area contributed by atoms with Gasteiger partial charge >= 0.3 is 0 Å². The molecule has 0 aromatic heterocycles. The number of rotatable bonds is 11. The predicted octanol–water partition coefficient (Wildman–Crippen LogP) is 5.50. The Morgan fingerprint density at radius 1 is 0.900 bits per heavy atom. The Morgan fingerprint density at radius 2 is 1.62 bits per heavy atom. The first-order valence-corrected chi connectivity index (χ1v) is 13.7. The Hall–Kier alpha value is -4.52. The van der Waals surface area contributed by atoms with Crippen molar-refractivity contribution in [2.75, 3.05) is 18.0 Å². The molecule has 1 atom stereocenters. The lowest BCUT2D eigenvalue weighted by atomic mass is 10.0. The molecular formula is C33H32FN3O3. The van der Waals surface area contributed by atoms with Crippen molar-refractivity contribution in [3.63, 3.8) is 0 Å². The molecule has 0 fully saturated rings. The van der Waals surface area contributed by atoms with E-state index in [0.717, 1.165) is 29.2 Å². The Morgan fingerprint density at radius 3 is 2.35 bits per heavy atom. The van der Waals surface area contributed by atoms with Crippen LogP contribution in [0.3, 0.4) is 0 Å². The van der Waals surface area contributed by atoms with Gasteiger partial charge in [0.1, 0.15) is 18.4 Å². The zero-order chi connectivity index (χ0) is 28.1. The van der Waals surface area contributed by atoms with Gasteiger partial charge in [-0.2, -0.15) is 0 Å². The summed E-state index contributed by atoms with van der Waals surface area (Å²) in [5, 5.41) is 4.75. The highest BCUT2D eigenvalue weighted by atomic mass is 19.1. The van der Waals surface area contributed by atoms with E-state index in [-0.39, 0.29) is 36.6 Å². The van der Waals surface area contributed by atoms with Gasteiger partial charge in [0.2, 0.25) is 11.8 Å². The molecule has 1 heterocycles. The second-order valence-corrected chi connectivity index (χ2v) is 10.1. The first-order valence-electron chi connectivity index (χ1n) is 13.7. The lowest BCUT2D eigenvalue weighted by molar-refractivity contribution is -0.140. The number of benzene rings is 4. The summed E-state index contributed by atoms with van der Waals surface area (Å²) in [7, 11) is 0. The average Bonchev–Trinajstić information content (AvgIpc) is 3.24. The number of unbranched alkanes of at least 4 members (excludes halogenated alkanes) is 1. The van der Waals surface area contributed by atoms with Crippen molar-refractivity contribution in [2.45, 2.75) is 38.8 Å². The Balaban J connectivity index is 1.49. The number of hydrogen-bond acceptors (Lipinski definition) is 3. The van der Waals surface area contributed by atoms with Crippen LogP contribution in [0.5, 0.6) is 0 Å². The molecular weight excluding hydrogens is 505 g/mol. The minimum Gasteiger partial charge on any atom is -0.354 e. The molecule has 204 valence electrons. The number of hydrogen-bond donors (Lipinski definition) is 1. The topological polar surface area (TPSA) is 69.7 Å². The van der Waals surface area contributed by atoms with Crippen LogP contribution in [0.2, 0.25) is 0 Å². The second kappa shape index (κ2) is 12.1. The second-order valence-electron chi connectivity index (χ2n) is 10.1. The summed E-state index contributed by atoms with van der Waals surface area (Å²) in [6.45, 7) is 2.42. The maximum atomic E-state index is 14.1. The van der Waals surface area contributed by atoms with E-state index in [1.807, 2.05) is 67.6 Å². The first-order chi connectivity index (χ1) is 19.5. The molecule has 40 heavy (non-hydrogen) atoms. The van der Waals surface area contributed by atoms with Crippen molar-refractivity contribution in [3.8, 4) is 0 Å². The SMILES string of the molecule is CCCCNC(=O)C(Cc1ccccc1)N(Cc1ccc(F)cc1)C(=O)CN1C(=O)c2cccc3cccc1c23. The molecule has 0 spiro atoms. The van der Waals surface area contributed by atoms with Crippen LogP contribution in [-0.2, 0) is 22.6 Å². The summed E-state index contributed by atoms with van der Waals surface area (Å²) in [5.74, 6) is -1.25. The standard InChI is InChI=1S/C33H32FN3O3/c1-2-3-19-35-32(39)29(20-23-9-5-4-6-10-23)36(21-24-15-17-26(34)18-16-24)30(38)22-37-28-14-8-12-25-11-7-13-27(31(25)28)33(37)40/h4-18,29H,2-3,19-22H2,1H3,(H,35,39). The fraction of sp³-hybridized carbons (Fsp3) is 0.242. The zero-order valence-corrected chi connectivity index (χ0v) is 22.5. The maximum Gasteiger partial charge on any atom is 0.259 e. The van der Waals surface area contributed by atoms with Gasteiger partial charge in [0, 0.05) is 30.5 Å². The highest BCUT2D eigenvalue weighted by Gasteiger charge is 2.35. The molecule has 1 aliphatic heterocycles. The monoisotopic (exact) mass is 537 g/mol. The van der Waals surface area contributed by atoms with Crippen molar-refractivity contribution in [2.24, 2.45) is 0 Å². The summed E-state index contributed by atoms with van der Waals surface area (Å²) >= 11 is 0. The Labute approximate surface area is 233 Å². The van der Waals surface area contributed by atoms with E-state index in [1.165, 1.54) is 21.9 Å². The minimum absolute atomic E-state index is 0.0942. The molecule has 0 aliphatic carbocycles. The average molecular weight is 538 g/mol. The lowest BCUT2D eigenvalue weighted by Crippen LogP contribution is -2.53. The minimum atomic E-state index is -0.826. The Bertz CT molecular complexity index is 1520. The summed E-state index contributed by atoms with van der Waals surface area (Å²) in [5.41, 5.74) is 2.83. The largest absolute Gasteiger partial charge is 0.354 e. The van der Waals surface area contributed by atoms with Crippen molar-refractivity contribution in [1.29, 1.82) is 0 Å². The number of amides is 3. The van der Waals surface area contributed by atoms with Crippen LogP contribution in [0.25, 0.3) is 10.8 Å². The van der Waals surface area contributed by atoms with Crippen molar-refractivity contribution in [1.82, 2.24) is 10.2 Å². The summed E-state index contributed by atoms with van der Waals surface area (Å²) in [6.07, 6.45) is 2.04. The number of carbonyl (C=O) groups is 3. The van der Waals surface area contributed by atoms with Gasteiger partial charge in [-0.15, -0.1) is 0 Å². The number of carbonyl (C=O) groups excluding carboxylic acids is 3. The third-order valence-corrected chi connectivity index (χ3v) is 7.31. The molecule has 1 N–H and O–H groups in total. The fourth-order valence-electron chi connectivity index (χ4n) is 5.21. The highest BCUT2D eigenvalue weighted by molar-refractivity contribution is 6.26. The highest BCUT2D eigenvalue weighted by Crippen LogP contribution is 2.37. The molecule has 5 rings (SSSR count). The normalized spacial score (nSPS) is 12.9. The van der Waals surface area contributed by atoms with Gasteiger partial charge in [0.25, 0.3) is 5.91 Å². The molecule has 4 aromatic rings. The maximum absolute atomic E-state index is 14.1. The van der Waals surface area contributed by atoms with Crippen molar-refractivity contribution in [3.05, 3.63) is 114 Å². The first kappa shape index (κ1) is 27.1. The Kier molecular flexibility index (Phi) is 8.20. The van der Waals surface area contributed by atoms with E-state index < -0.39 is 6.04 Å². The molecule has 0 saturated heterocycles. The van der Waals surface area contributed by atoms with Gasteiger partial charge in [0.15, 0.2) is 0 Å². The van der Waals surface area contributed by atoms with Crippen LogP contribution in [0.1, 0.15) is 41.3 Å². The van der Waals surface area contributed by atoms with Gasteiger partial charge in [-0.05, 0) is 47.2 Å². The number of nitrogens with one attached hydrogen (secondary N) is 1. The third-order valence-electron chi connectivity index (χ3n) is 7.31. The van der Waals surface area contributed by atoms with Gasteiger partial charge in [-0.25, -0.2) is 4.39 Å². The number of halogens is 1. The molecule has 6 nitrogen and oxygen atoms in total. The van der Waals surface area contributed by atoms with E-state index in [4.69, 9.17) is 0 Å². The zero-order valence-electron chi connectivity index (χ0n) is 22.5.